The van der Waals surface area contributed by atoms with Crippen molar-refractivity contribution in [1.29, 1.82) is 0 Å². The number of aryl methyl sites for hydroxylation is 1. The molecule has 142 valence electrons. The van der Waals surface area contributed by atoms with Gasteiger partial charge in [-0.25, -0.2) is 0 Å². The van der Waals surface area contributed by atoms with Crippen molar-refractivity contribution in [1.82, 2.24) is 10.2 Å². The molecular formula is C20H23N3O4. The van der Waals surface area contributed by atoms with Crippen molar-refractivity contribution in [2.24, 2.45) is 0 Å². The molecule has 1 N–H and O–H groups in total. The van der Waals surface area contributed by atoms with Crippen LogP contribution >= 0.6 is 0 Å². The molecule has 0 unspecified atom stereocenters. The number of nitrogens with one attached hydrogen (secondary N) is 1. The highest BCUT2D eigenvalue weighted by Crippen LogP contribution is 2.20. The Bertz CT molecular complexity index is 833. The first-order chi connectivity index (χ1) is 12.8. The van der Waals surface area contributed by atoms with E-state index in [1.807, 2.05) is 31.2 Å². The van der Waals surface area contributed by atoms with Gasteiger partial charge in [-0.15, -0.1) is 0 Å². The Hall–Kier alpha value is -3.22. The average molecular weight is 369 g/mol. The monoisotopic (exact) mass is 369 g/mol. The highest BCUT2D eigenvalue weighted by atomic mass is 16.6. The zero-order chi connectivity index (χ0) is 20.0. The van der Waals surface area contributed by atoms with Gasteiger partial charge in [0.15, 0.2) is 0 Å². The SMILES string of the molecule is CNC(=O)[C@H](C)N(Cc1ccc(C)cc1)C(=O)Cc1ccccc1[N+](=O)[O-]. The van der Waals surface area contributed by atoms with E-state index in [1.165, 1.54) is 18.0 Å². The average Bonchev–Trinajstić information content (AvgIpc) is 2.66. The predicted octanol–water partition coefficient (Wildman–Crippen LogP) is 2.61. The topological polar surface area (TPSA) is 92.6 Å². The van der Waals surface area contributed by atoms with Crippen molar-refractivity contribution >= 4 is 17.5 Å². The Morgan fingerprint density at radius 1 is 1.15 bits per heavy atom. The number of nitro groups is 1. The van der Waals surface area contributed by atoms with Crippen LogP contribution < -0.4 is 5.32 Å². The molecule has 0 saturated carbocycles. The Kier molecular flexibility index (Phi) is 6.65. The third-order valence-electron chi connectivity index (χ3n) is 4.42. The van der Waals surface area contributed by atoms with Gasteiger partial charge in [0.2, 0.25) is 11.8 Å². The number of carbonyl (C=O) groups is 2. The molecule has 7 heteroatoms. The van der Waals surface area contributed by atoms with Crippen LogP contribution in [0.25, 0.3) is 0 Å². The minimum Gasteiger partial charge on any atom is -0.357 e. The quantitative estimate of drug-likeness (QED) is 0.600. The number of hydrogen-bond acceptors (Lipinski definition) is 4. The minimum absolute atomic E-state index is 0.103. The number of rotatable bonds is 7. The summed E-state index contributed by atoms with van der Waals surface area (Å²) >= 11 is 0. The summed E-state index contributed by atoms with van der Waals surface area (Å²) in [6.45, 7) is 3.85. The summed E-state index contributed by atoms with van der Waals surface area (Å²) in [6, 6.07) is 13.1. The van der Waals surface area contributed by atoms with Gasteiger partial charge < -0.3 is 10.2 Å². The lowest BCUT2D eigenvalue weighted by Crippen LogP contribution is -2.47. The van der Waals surface area contributed by atoms with E-state index in [0.29, 0.717) is 5.56 Å². The number of para-hydroxylation sites is 1. The summed E-state index contributed by atoms with van der Waals surface area (Å²) in [6.07, 6.45) is -0.148. The van der Waals surface area contributed by atoms with Crippen LogP contribution in [0.2, 0.25) is 0 Å². The van der Waals surface area contributed by atoms with Crippen LogP contribution in [0, 0.1) is 17.0 Å². The van der Waals surface area contributed by atoms with E-state index in [2.05, 4.69) is 5.32 Å². The lowest BCUT2D eigenvalue weighted by atomic mass is 10.1. The molecule has 0 heterocycles. The fraction of sp³-hybridized carbons (Fsp3) is 0.300. The maximum Gasteiger partial charge on any atom is 0.273 e. The van der Waals surface area contributed by atoms with Gasteiger partial charge in [-0.05, 0) is 19.4 Å². The Labute approximate surface area is 158 Å². The largest absolute Gasteiger partial charge is 0.357 e. The van der Waals surface area contributed by atoms with Crippen LogP contribution in [0.3, 0.4) is 0 Å². The molecule has 0 saturated heterocycles. The smallest absolute Gasteiger partial charge is 0.273 e. The lowest BCUT2D eigenvalue weighted by Gasteiger charge is -2.28. The number of nitro benzene ring substituents is 1. The summed E-state index contributed by atoms with van der Waals surface area (Å²) in [7, 11) is 1.51. The van der Waals surface area contributed by atoms with E-state index < -0.39 is 11.0 Å². The zero-order valence-electron chi connectivity index (χ0n) is 15.6. The lowest BCUT2D eigenvalue weighted by molar-refractivity contribution is -0.385. The van der Waals surface area contributed by atoms with Gasteiger partial charge in [0, 0.05) is 25.2 Å². The maximum atomic E-state index is 12.9. The first-order valence-corrected chi connectivity index (χ1v) is 8.62. The third kappa shape index (κ3) is 5.13. The number of nitrogens with zero attached hydrogens (tertiary/aromatic N) is 2. The van der Waals surface area contributed by atoms with E-state index in [1.54, 1.807) is 25.1 Å². The summed E-state index contributed by atoms with van der Waals surface area (Å²) in [5.74, 6) is -0.640. The van der Waals surface area contributed by atoms with E-state index in [9.17, 15) is 19.7 Å². The van der Waals surface area contributed by atoms with Crippen molar-refractivity contribution in [2.75, 3.05) is 7.05 Å². The van der Waals surface area contributed by atoms with E-state index in [-0.39, 0.29) is 30.5 Å². The first-order valence-electron chi connectivity index (χ1n) is 8.62. The molecule has 2 amide bonds. The standard InChI is InChI=1S/C20H23N3O4/c1-14-8-10-16(11-9-14)13-22(15(2)20(25)21-3)19(24)12-17-6-4-5-7-18(17)23(26)27/h4-11,15H,12-13H2,1-3H3,(H,21,25)/t15-/m0/s1. The van der Waals surface area contributed by atoms with Crippen LogP contribution in [0.4, 0.5) is 5.69 Å². The van der Waals surface area contributed by atoms with Crippen LogP contribution in [0.1, 0.15) is 23.6 Å². The van der Waals surface area contributed by atoms with Crippen molar-refractivity contribution < 1.29 is 14.5 Å². The summed E-state index contributed by atoms with van der Waals surface area (Å²) in [5, 5.41) is 13.7. The van der Waals surface area contributed by atoms with Crippen molar-refractivity contribution in [2.45, 2.75) is 32.9 Å². The Balaban J connectivity index is 2.29. The second-order valence-electron chi connectivity index (χ2n) is 6.36. The Morgan fingerprint density at radius 2 is 1.78 bits per heavy atom. The fourth-order valence-corrected chi connectivity index (χ4v) is 2.78. The molecule has 0 aliphatic carbocycles. The van der Waals surface area contributed by atoms with Gasteiger partial charge in [-0.1, -0.05) is 48.0 Å². The van der Waals surface area contributed by atoms with Crippen molar-refractivity contribution in [3.63, 3.8) is 0 Å². The van der Waals surface area contributed by atoms with Gasteiger partial charge in [0.1, 0.15) is 6.04 Å². The number of carbonyl (C=O) groups excluding carboxylic acids is 2. The van der Waals surface area contributed by atoms with E-state index >= 15 is 0 Å². The normalized spacial score (nSPS) is 11.5. The van der Waals surface area contributed by atoms with Crippen LogP contribution in [-0.4, -0.2) is 34.7 Å². The van der Waals surface area contributed by atoms with Crippen LogP contribution in [0.5, 0.6) is 0 Å². The summed E-state index contributed by atoms with van der Waals surface area (Å²) in [5.41, 5.74) is 2.20. The molecule has 0 aliphatic rings. The third-order valence-corrected chi connectivity index (χ3v) is 4.42. The molecule has 0 fully saturated rings. The van der Waals surface area contributed by atoms with Gasteiger partial charge in [0.25, 0.3) is 5.69 Å². The summed E-state index contributed by atoms with van der Waals surface area (Å²) in [4.78, 5) is 37.2. The maximum absolute atomic E-state index is 12.9. The highest BCUT2D eigenvalue weighted by molar-refractivity contribution is 5.88. The van der Waals surface area contributed by atoms with Gasteiger partial charge >= 0.3 is 0 Å². The van der Waals surface area contributed by atoms with E-state index in [4.69, 9.17) is 0 Å². The molecule has 0 spiro atoms. The highest BCUT2D eigenvalue weighted by Gasteiger charge is 2.27. The van der Waals surface area contributed by atoms with Gasteiger partial charge in [0.05, 0.1) is 11.3 Å². The van der Waals surface area contributed by atoms with Gasteiger partial charge in [-0.3, -0.25) is 19.7 Å². The summed E-state index contributed by atoms with van der Waals surface area (Å²) < 4.78 is 0. The van der Waals surface area contributed by atoms with Crippen LogP contribution in [0.15, 0.2) is 48.5 Å². The molecule has 7 nitrogen and oxygen atoms in total. The molecular weight excluding hydrogens is 346 g/mol. The second-order valence-corrected chi connectivity index (χ2v) is 6.36. The van der Waals surface area contributed by atoms with E-state index in [0.717, 1.165) is 11.1 Å². The Morgan fingerprint density at radius 3 is 2.37 bits per heavy atom. The second kappa shape index (κ2) is 8.93. The molecule has 1 atom stereocenters. The first kappa shape index (κ1) is 20.1. The number of hydrogen-bond donors (Lipinski definition) is 1. The van der Waals surface area contributed by atoms with Crippen molar-refractivity contribution in [3.05, 3.63) is 75.3 Å². The molecule has 2 aromatic carbocycles. The molecule has 0 bridgehead atoms. The zero-order valence-corrected chi connectivity index (χ0v) is 15.6. The molecule has 2 rings (SSSR count). The fourth-order valence-electron chi connectivity index (χ4n) is 2.78. The molecule has 2 aromatic rings. The molecule has 27 heavy (non-hydrogen) atoms. The molecule has 0 aromatic heterocycles. The molecule has 0 radical (unpaired) electrons. The van der Waals surface area contributed by atoms with Crippen molar-refractivity contribution in [3.8, 4) is 0 Å². The van der Waals surface area contributed by atoms with Crippen LogP contribution in [-0.2, 0) is 22.6 Å². The van der Waals surface area contributed by atoms with Gasteiger partial charge in [-0.2, -0.15) is 0 Å². The molecule has 0 aliphatic heterocycles. The number of likely N-dealkylation sites (N-methyl/N-ethyl adjacent to an activating group) is 1. The number of benzene rings is 2. The minimum atomic E-state index is -0.702. The predicted molar refractivity (Wildman–Crippen MR) is 102 cm³/mol. The number of amides is 2.